The molecule has 0 aliphatic carbocycles. The van der Waals surface area contributed by atoms with Crippen LogP contribution < -0.4 is 5.11 Å². The van der Waals surface area contributed by atoms with Crippen molar-refractivity contribution < 1.29 is 19.4 Å². The van der Waals surface area contributed by atoms with Gasteiger partial charge in [0.05, 0.1) is 0 Å². The zero-order valence-corrected chi connectivity index (χ0v) is 5.84. The second kappa shape index (κ2) is 4.12. The van der Waals surface area contributed by atoms with Gasteiger partial charge >= 0.3 is 5.97 Å². The van der Waals surface area contributed by atoms with Crippen molar-refractivity contribution in [2.45, 2.75) is 6.92 Å². The number of aliphatic carboxylic acids is 1. The third-order valence-corrected chi connectivity index (χ3v) is 0.645. The van der Waals surface area contributed by atoms with E-state index in [4.69, 9.17) is 0 Å². The second-order valence-corrected chi connectivity index (χ2v) is 1.68. The average Bonchev–Trinajstić information content (AvgIpc) is 1.86. The third-order valence-electron chi connectivity index (χ3n) is 0.645. The predicted molar refractivity (Wildman–Crippen MR) is 33.7 cm³/mol. The largest absolute Gasteiger partial charge is 0.536 e. The van der Waals surface area contributed by atoms with Crippen molar-refractivity contribution in [1.82, 2.24) is 0 Å². The molecule has 0 atom stereocenters. The number of rotatable bonds is 1. The highest BCUT2D eigenvalue weighted by atomic mass is 16.5. The van der Waals surface area contributed by atoms with Crippen LogP contribution >= 0.6 is 0 Å². The van der Waals surface area contributed by atoms with Gasteiger partial charge in [0.2, 0.25) is 0 Å². The minimum absolute atomic E-state index is 0.151. The summed E-state index contributed by atoms with van der Waals surface area (Å²) >= 11 is 0. The van der Waals surface area contributed by atoms with E-state index in [9.17, 15) is 14.7 Å². The zero-order chi connectivity index (χ0) is 8.85. The van der Waals surface area contributed by atoms with Crippen LogP contribution in [0.5, 0.6) is 0 Å². The molecule has 0 heterocycles. The molecule has 0 aliphatic heterocycles. The molecule has 0 unspecified atom stereocenters. The van der Waals surface area contributed by atoms with Crippen LogP contribution in [0.25, 0.3) is 0 Å². The second-order valence-electron chi connectivity index (χ2n) is 1.68. The molecule has 58 valence electrons. The molecule has 0 fully saturated rings. The van der Waals surface area contributed by atoms with Crippen LogP contribution in [0, 0.1) is 12.0 Å². The first kappa shape index (κ1) is 9.24. The third kappa shape index (κ3) is 4.73. The number of carboxylic acid groups (broad SMARTS) is 1. The van der Waals surface area contributed by atoms with Gasteiger partial charge in [-0.15, -0.1) is 0 Å². The van der Waals surface area contributed by atoms with Crippen LogP contribution in [0.1, 0.15) is 6.92 Å². The highest BCUT2D eigenvalue weighted by Gasteiger charge is 1.98. The highest BCUT2D eigenvalue weighted by Crippen LogP contribution is 1.89. The van der Waals surface area contributed by atoms with Gasteiger partial charge in [-0.2, -0.15) is 0 Å². The molecule has 0 N–H and O–H groups in total. The highest BCUT2D eigenvalue weighted by molar-refractivity contribution is 5.89. The average molecular weight is 153 g/mol. The fraction of sp³-hybridized carbons (Fsp3) is 0.143. The van der Waals surface area contributed by atoms with E-state index in [1.165, 1.54) is 12.8 Å². The number of carboxylic acids is 1. The van der Waals surface area contributed by atoms with E-state index in [1.807, 2.05) is 0 Å². The molecule has 0 saturated carbocycles. The minimum atomic E-state index is -1.60. The molecule has 11 heavy (non-hydrogen) atoms. The molecule has 4 heteroatoms. The number of hydrogen-bond donors (Lipinski definition) is 0. The van der Waals surface area contributed by atoms with Gasteiger partial charge < -0.3 is 14.6 Å². The van der Waals surface area contributed by atoms with Crippen molar-refractivity contribution in [2.24, 2.45) is 0 Å². The number of ether oxygens (including phenoxy) is 1. The molecule has 0 aromatic rings. The summed E-state index contributed by atoms with van der Waals surface area (Å²) in [6.45, 7) is 4.67. The van der Waals surface area contributed by atoms with E-state index in [0.717, 1.165) is 0 Å². The Morgan fingerprint density at radius 3 is 2.45 bits per heavy atom. The summed E-state index contributed by atoms with van der Waals surface area (Å²) in [7, 11) is 0. The maximum atomic E-state index is 10.5. The lowest BCUT2D eigenvalue weighted by Gasteiger charge is -1.91. The van der Waals surface area contributed by atoms with E-state index in [2.05, 4.69) is 11.3 Å². The number of hydrogen-bond acceptors (Lipinski definition) is 4. The number of carbonyl (C=O) groups excluding carboxylic acids is 2. The minimum Gasteiger partial charge on any atom is -0.536 e. The molecule has 0 aromatic carbocycles. The molecule has 0 aliphatic rings. The number of esters is 1. The SMILES string of the molecule is C=C(C)C(=O)OC#CC(=O)[O-]. The Morgan fingerprint density at radius 2 is 2.09 bits per heavy atom. The zero-order valence-electron chi connectivity index (χ0n) is 5.84. The van der Waals surface area contributed by atoms with Gasteiger partial charge in [0.15, 0.2) is 0 Å². The van der Waals surface area contributed by atoms with Crippen LogP contribution in [0.4, 0.5) is 0 Å². The monoisotopic (exact) mass is 153 g/mol. The van der Waals surface area contributed by atoms with Crippen molar-refractivity contribution in [3.8, 4) is 12.0 Å². The normalized spacial score (nSPS) is 7.36. The molecule has 0 rings (SSSR count). The maximum Gasteiger partial charge on any atom is 0.347 e. The van der Waals surface area contributed by atoms with Gasteiger partial charge in [0.25, 0.3) is 0 Å². The molecule has 0 spiro atoms. The van der Waals surface area contributed by atoms with Gasteiger partial charge in [-0.25, -0.2) is 4.79 Å². The Labute approximate surface area is 63.5 Å². The van der Waals surface area contributed by atoms with Gasteiger partial charge in [0, 0.05) is 5.57 Å². The summed E-state index contributed by atoms with van der Waals surface area (Å²) in [5, 5.41) is 9.65. The molecule has 0 radical (unpaired) electrons. The van der Waals surface area contributed by atoms with Gasteiger partial charge in [-0.1, -0.05) is 6.58 Å². The summed E-state index contributed by atoms with van der Waals surface area (Å²) in [6.07, 6.45) is 1.64. The molecular formula is C7H5O4-. The Bertz CT molecular complexity index is 253. The lowest BCUT2D eigenvalue weighted by Crippen LogP contribution is -2.19. The van der Waals surface area contributed by atoms with E-state index in [-0.39, 0.29) is 5.57 Å². The molecule has 0 saturated heterocycles. The van der Waals surface area contributed by atoms with Gasteiger partial charge in [-0.05, 0) is 12.8 Å². The Kier molecular flexibility index (Phi) is 3.46. The Balaban J connectivity index is 3.93. The van der Waals surface area contributed by atoms with Crippen LogP contribution in [0.2, 0.25) is 0 Å². The lowest BCUT2D eigenvalue weighted by atomic mass is 10.4. The van der Waals surface area contributed by atoms with E-state index < -0.39 is 11.9 Å². The van der Waals surface area contributed by atoms with Crippen LogP contribution in [0.15, 0.2) is 12.2 Å². The first-order valence-corrected chi connectivity index (χ1v) is 2.62. The number of carbonyl (C=O) groups is 2. The quantitative estimate of drug-likeness (QED) is 0.270. The van der Waals surface area contributed by atoms with E-state index in [0.29, 0.717) is 0 Å². The Hall–Kier alpha value is -1.76. The van der Waals surface area contributed by atoms with E-state index >= 15 is 0 Å². The summed E-state index contributed by atoms with van der Waals surface area (Å²) in [4.78, 5) is 20.1. The lowest BCUT2D eigenvalue weighted by molar-refractivity contribution is -0.295. The van der Waals surface area contributed by atoms with Crippen LogP contribution in [-0.4, -0.2) is 11.9 Å². The summed E-state index contributed by atoms with van der Waals surface area (Å²) in [6, 6.07) is 0. The molecule has 0 amide bonds. The molecule has 0 bridgehead atoms. The smallest absolute Gasteiger partial charge is 0.347 e. The van der Waals surface area contributed by atoms with Crippen molar-refractivity contribution >= 4 is 11.9 Å². The van der Waals surface area contributed by atoms with Crippen LogP contribution in [0.3, 0.4) is 0 Å². The van der Waals surface area contributed by atoms with Crippen molar-refractivity contribution in [1.29, 1.82) is 0 Å². The standard InChI is InChI=1S/C7H6O4/c1-5(2)7(10)11-4-3-6(8)9/h1H2,2H3,(H,8,9)/p-1. The van der Waals surface area contributed by atoms with Gasteiger partial charge in [-0.3, -0.25) is 0 Å². The molecular weight excluding hydrogens is 148 g/mol. The molecule has 4 nitrogen and oxygen atoms in total. The summed E-state index contributed by atoms with van der Waals surface area (Å²) in [5.74, 6) is -0.846. The fourth-order valence-corrected chi connectivity index (χ4v) is 0.201. The fourth-order valence-electron chi connectivity index (χ4n) is 0.201. The van der Waals surface area contributed by atoms with Crippen molar-refractivity contribution in [3.05, 3.63) is 12.2 Å². The van der Waals surface area contributed by atoms with E-state index in [1.54, 1.807) is 6.11 Å². The van der Waals surface area contributed by atoms with Gasteiger partial charge in [0.1, 0.15) is 12.1 Å². The first-order valence-electron chi connectivity index (χ1n) is 2.62. The summed E-state index contributed by atoms with van der Waals surface area (Å²) in [5.41, 5.74) is 0.151. The van der Waals surface area contributed by atoms with Crippen molar-refractivity contribution in [2.75, 3.05) is 0 Å². The summed E-state index contributed by atoms with van der Waals surface area (Å²) < 4.78 is 4.09. The maximum absolute atomic E-state index is 10.5. The molecule has 0 aromatic heterocycles. The first-order chi connectivity index (χ1) is 5.04. The van der Waals surface area contributed by atoms with Crippen LogP contribution in [-0.2, 0) is 14.3 Å². The predicted octanol–water partition coefficient (Wildman–Crippen LogP) is -1.18. The Morgan fingerprint density at radius 1 is 1.55 bits per heavy atom. The van der Waals surface area contributed by atoms with Crippen molar-refractivity contribution in [3.63, 3.8) is 0 Å². The topological polar surface area (TPSA) is 66.4 Å².